The van der Waals surface area contributed by atoms with E-state index in [4.69, 9.17) is 23.8 Å². The third kappa shape index (κ3) is 3.56. The van der Waals surface area contributed by atoms with Gasteiger partial charge < -0.3 is 9.97 Å². The van der Waals surface area contributed by atoms with Crippen LogP contribution in [0.4, 0.5) is 0 Å². The highest BCUT2D eigenvalue weighted by Gasteiger charge is 2.19. The first-order valence-electron chi connectivity index (χ1n) is 7.68. The second-order valence-corrected chi connectivity index (χ2v) is 6.45. The van der Waals surface area contributed by atoms with Crippen LogP contribution in [0.15, 0.2) is 6.20 Å². The van der Waals surface area contributed by atoms with Gasteiger partial charge in [-0.25, -0.2) is 9.97 Å². The topological polar surface area (TPSA) is 60.6 Å². The van der Waals surface area contributed by atoms with Crippen LogP contribution in [0.1, 0.15) is 42.5 Å². The Bertz CT molecular complexity index is 708. The molecular formula is C15H20ClN5S. The molecule has 0 radical (unpaired) electrons. The van der Waals surface area contributed by atoms with Gasteiger partial charge in [-0.3, -0.25) is 4.90 Å². The summed E-state index contributed by atoms with van der Waals surface area (Å²) in [6.45, 7) is 4.79. The van der Waals surface area contributed by atoms with E-state index in [9.17, 15) is 0 Å². The molecule has 0 saturated heterocycles. The SMILES string of the molecule is CCCCc1nc(Cl)c(CN2CCc3[nH]c(=S)ncc3C2)[nH]1. The van der Waals surface area contributed by atoms with Crippen LogP contribution in [0.2, 0.25) is 5.15 Å². The monoisotopic (exact) mass is 337 g/mol. The number of unbranched alkanes of at least 4 members (excludes halogenated alkanes) is 1. The molecule has 3 heterocycles. The number of fused-ring (bicyclic) bond motifs is 1. The molecule has 0 spiro atoms. The summed E-state index contributed by atoms with van der Waals surface area (Å²) in [6, 6.07) is 0. The quantitative estimate of drug-likeness (QED) is 0.821. The van der Waals surface area contributed by atoms with Gasteiger partial charge in [0.05, 0.1) is 5.69 Å². The van der Waals surface area contributed by atoms with E-state index >= 15 is 0 Å². The van der Waals surface area contributed by atoms with Crippen molar-refractivity contribution in [2.45, 2.75) is 45.7 Å². The third-order valence-electron chi connectivity index (χ3n) is 3.98. The van der Waals surface area contributed by atoms with Gasteiger partial charge in [0, 0.05) is 49.9 Å². The first-order valence-corrected chi connectivity index (χ1v) is 8.47. The molecule has 2 aromatic heterocycles. The number of halogens is 1. The number of nitrogens with zero attached hydrogens (tertiary/aromatic N) is 3. The van der Waals surface area contributed by atoms with E-state index in [-0.39, 0.29) is 0 Å². The highest BCUT2D eigenvalue weighted by Crippen LogP contribution is 2.21. The van der Waals surface area contributed by atoms with E-state index in [0.717, 1.165) is 56.8 Å². The predicted octanol–water partition coefficient (Wildman–Crippen LogP) is 3.42. The van der Waals surface area contributed by atoms with Gasteiger partial charge in [-0.2, -0.15) is 0 Å². The number of aryl methyl sites for hydroxylation is 1. The zero-order chi connectivity index (χ0) is 15.5. The smallest absolute Gasteiger partial charge is 0.196 e. The van der Waals surface area contributed by atoms with Crippen LogP contribution in [0.5, 0.6) is 0 Å². The second kappa shape index (κ2) is 6.89. The number of H-pyrrole nitrogens is 2. The molecule has 0 fully saturated rings. The summed E-state index contributed by atoms with van der Waals surface area (Å²) in [5.41, 5.74) is 3.42. The number of nitrogens with one attached hydrogen (secondary N) is 2. The van der Waals surface area contributed by atoms with Crippen LogP contribution >= 0.6 is 23.8 Å². The molecule has 3 rings (SSSR count). The fourth-order valence-electron chi connectivity index (χ4n) is 2.77. The molecule has 0 aromatic carbocycles. The third-order valence-corrected chi connectivity index (χ3v) is 4.50. The first kappa shape index (κ1) is 15.6. The summed E-state index contributed by atoms with van der Waals surface area (Å²) < 4.78 is 0.560. The zero-order valence-electron chi connectivity index (χ0n) is 12.7. The van der Waals surface area contributed by atoms with Gasteiger partial charge in [-0.1, -0.05) is 24.9 Å². The minimum Gasteiger partial charge on any atom is -0.344 e. The van der Waals surface area contributed by atoms with E-state index in [2.05, 4.69) is 31.8 Å². The number of aromatic nitrogens is 4. The van der Waals surface area contributed by atoms with Crippen molar-refractivity contribution in [3.05, 3.63) is 38.9 Å². The van der Waals surface area contributed by atoms with Crippen LogP contribution < -0.4 is 0 Å². The summed E-state index contributed by atoms with van der Waals surface area (Å²) in [4.78, 5) is 17.5. The Morgan fingerprint density at radius 1 is 1.41 bits per heavy atom. The molecule has 7 heteroatoms. The molecule has 22 heavy (non-hydrogen) atoms. The molecule has 0 bridgehead atoms. The van der Waals surface area contributed by atoms with Crippen molar-refractivity contribution >= 4 is 23.8 Å². The summed E-state index contributed by atoms with van der Waals surface area (Å²) in [7, 11) is 0. The van der Waals surface area contributed by atoms with Crippen LogP contribution in [0.3, 0.4) is 0 Å². The van der Waals surface area contributed by atoms with Gasteiger partial charge in [0.25, 0.3) is 0 Å². The maximum absolute atomic E-state index is 6.26. The van der Waals surface area contributed by atoms with Crippen molar-refractivity contribution in [1.82, 2.24) is 24.8 Å². The van der Waals surface area contributed by atoms with Gasteiger partial charge in [0.1, 0.15) is 5.82 Å². The molecule has 2 N–H and O–H groups in total. The maximum atomic E-state index is 6.26. The highest BCUT2D eigenvalue weighted by molar-refractivity contribution is 7.71. The van der Waals surface area contributed by atoms with Crippen LogP contribution in [0, 0.1) is 4.77 Å². The summed E-state index contributed by atoms with van der Waals surface area (Å²) in [5.74, 6) is 0.991. The largest absolute Gasteiger partial charge is 0.344 e. The number of hydrogen-bond donors (Lipinski definition) is 2. The average Bonchev–Trinajstić information content (AvgIpc) is 2.85. The van der Waals surface area contributed by atoms with Gasteiger partial charge in [0.2, 0.25) is 0 Å². The molecule has 0 atom stereocenters. The highest BCUT2D eigenvalue weighted by atomic mass is 35.5. The minimum absolute atomic E-state index is 0.560. The molecule has 118 valence electrons. The van der Waals surface area contributed by atoms with Crippen molar-refractivity contribution in [2.24, 2.45) is 0 Å². The van der Waals surface area contributed by atoms with Gasteiger partial charge in [0.15, 0.2) is 9.92 Å². The van der Waals surface area contributed by atoms with Crippen LogP contribution in [0.25, 0.3) is 0 Å². The predicted molar refractivity (Wildman–Crippen MR) is 89.4 cm³/mol. The minimum atomic E-state index is 0.560. The van der Waals surface area contributed by atoms with Gasteiger partial charge >= 0.3 is 0 Å². The molecular weight excluding hydrogens is 318 g/mol. The summed E-state index contributed by atoms with van der Waals surface area (Å²) >= 11 is 11.3. The molecule has 0 amide bonds. The summed E-state index contributed by atoms with van der Waals surface area (Å²) in [6.07, 6.45) is 6.08. The number of rotatable bonds is 5. The van der Waals surface area contributed by atoms with Crippen LogP contribution in [-0.4, -0.2) is 31.4 Å². The Balaban J connectivity index is 1.68. The fraction of sp³-hybridized carbons (Fsp3) is 0.533. The lowest BCUT2D eigenvalue weighted by Crippen LogP contribution is -2.31. The normalized spacial score (nSPS) is 15.0. The Morgan fingerprint density at radius 2 is 2.27 bits per heavy atom. The lowest BCUT2D eigenvalue weighted by atomic mass is 10.1. The lowest BCUT2D eigenvalue weighted by Gasteiger charge is -2.27. The molecule has 1 aliphatic rings. The van der Waals surface area contributed by atoms with Crippen molar-refractivity contribution in [3.63, 3.8) is 0 Å². The number of imidazole rings is 1. The Kier molecular flexibility index (Phi) is 4.90. The van der Waals surface area contributed by atoms with E-state index in [1.807, 2.05) is 6.20 Å². The molecule has 1 aliphatic heterocycles. The van der Waals surface area contributed by atoms with E-state index in [0.29, 0.717) is 9.92 Å². The van der Waals surface area contributed by atoms with Crippen LogP contribution in [-0.2, 0) is 25.9 Å². The van der Waals surface area contributed by atoms with E-state index in [1.165, 1.54) is 11.3 Å². The average molecular weight is 338 g/mol. The van der Waals surface area contributed by atoms with Crippen molar-refractivity contribution in [1.29, 1.82) is 0 Å². The first-order chi connectivity index (χ1) is 10.7. The molecule has 0 saturated carbocycles. The fourth-order valence-corrected chi connectivity index (χ4v) is 3.16. The maximum Gasteiger partial charge on any atom is 0.196 e. The Labute approximate surface area is 140 Å². The lowest BCUT2D eigenvalue weighted by molar-refractivity contribution is 0.240. The Hall–Kier alpha value is -1.24. The van der Waals surface area contributed by atoms with Crippen molar-refractivity contribution in [2.75, 3.05) is 6.54 Å². The van der Waals surface area contributed by atoms with Gasteiger partial charge in [-0.05, 0) is 18.6 Å². The van der Waals surface area contributed by atoms with Gasteiger partial charge in [-0.15, -0.1) is 0 Å². The second-order valence-electron chi connectivity index (χ2n) is 5.71. The van der Waals surface area contributed by atoms with Crippen molar-refractivity contribution in [3.8, 4) is 0 Å². The molecule has 5 nitrogen and oxygen atoms in total. The molecule has 0 aliphatic carbocycles. The van der Waals surface area contributed by atoms with Crippen molar-refractivity contribution < 1.29 is 0 Å². The van der Waals surface area contributed by atoms with E-state index < -0.39 is 0 Å². The van der Waals surface area contributed by atoms with E-state index in [1.54, 1.807) is 0 Å². The Morgan fingerprint density at radius 3 is 3.09 bits per heavy atom. The zero-order valence-corrected chi connectivity index (χ0v) is 14.2. The standard InChI is InChI=1S/C15H20ClN5S/c1-2-3-4-13-18-12(14(16)20-13)9-21-6-5-11-10(8-21)7-17-15(22)19-11/h7H,2-6,8-9H2,1H3,(H,18,20)(H,17,19,22). The number of aromatic amines is 2. The molecule has 0 unspecified atom stereocenters. The molecule has 2 aromatic rings. The number of hydrogen-bond acceptors (Lipinski definition) is 4. The summed E-state index contributed by atoms with van der Waals surface area (Å²) in [5, 5.41) is 0.600.